The van der Waals surface area contributed by atoms with Crippen molar-refractivity contribution in [2.45, 2.75) is 13.0 Å². The van der Waals surface area contributed by atoms with E-state index in [2.05, 4.69) is 4.74 Å². The first-order chi connectivity index (χ1) is 8.11. The molecule has 2 aromatic heterocycles. The average Bonchev–Trinajstić information content (AvgIpc) is 2.95. The van der Waals surface area contributed by atoms with E-state index in [1.807, 2.05) is 0 Å². The lowest BCUT2D eigenvalue weighted by atomic mass is 10.2. The van der Waals surface area contributed by atoms with Crippen molar-refractivity contribution < 1.29 is 23.5 Å². The third-order valence-electron chi connectivity index (χ3n) is 2.31. The van der Waals surface area contributed by atoms with E-state index >= 15 is 0 Å². The van der Waals surface area contributed by atoms with Crippen LogP contribution < -0.4 is 0 Å². The highest BCUT2D eigenvalue weighted by molar-refractivity contribution is 5.86. The van der Waals surface area contributed by atoms with Gasteiger partial charge in [0.05, 0.1) is 7.11 Å². The number of methoxy groups -OCH3 is 1. The smallest absolute Gasteiger partial charge is 0.373 e. The summed E-state index contributed by atoms with van der Waals surface area (Å²) in [6.45, 7) is 1.78. The molecular formula is C12H12O5. The molecule has 0 saturated carbocycles. The second-order valence-corrected chi connectivity index (χ2v) is 3.54. The average molecular weight is 236 g/mol. The van der Waals surface area contributed by atoms with E-state index in [9.17, 15) is 9.90 Å². The van der Waals surface area contributed by atoms with Crippen LogP contribution in [0.3, 0.4) is 0 Å². The van der Waals surface area contributed by atoms with Crippen LogP contribution in [-0.4, -0.2) is 18.2 Å². The summed E-state index contributed by atoms with van der Waals surface area (Å²) >= 11 is 0. The molecule has 0 spiro atoms. The van der Waals surface area contributed by atoms with Crippen molar-refractivity contribution in [3.05, 3.63) is 47.3 Å². The minimum atomic E-state index is -1.03. The highest BCUT2D eigenvalue weighted by Gasteiger charge is 2.20. The molecule has 17 heavy (non-hydrogen) atoms. The van der Waals surface area contributed by atoms with Gasteiger partial charge in [-0.15, -0.1) is 0 Å². The molecule has 0 bridgehead atoms. The number of carbonyl (C=O) groups excluding carboxylic acids is 1. The predicted molar refractivity (Wildman–Crippen MR) is 57.6 cm³/mol. The number of esters is 1. The minimum absolute atomic E-state index is 0.0461. The molecule has 0 fully saturated rings. The van der Waals surface area contributed by atoms with Crippen molar-refractivity contribution in [1.29, 1.82) is 0 Å². The van der Waals surface area contributed by atoms with E-state index in [4.69, 9.17) is 8.83 Å². The highest BCUT2D eigenvalue weighted by atomic mass is 16.5. The van der Waals surface area contributed by atoms with Crippen LogP contribution in [0.2, 0.25) is 0 Å². The van der Waals surface area contributed by atoms with Gasteiger partial charge in [0, 0.05) is 0 Å². The Labute approximate surface area is 97.6 Å². The lowest BCUT2D eigenvalue weighted by molar-refractivity contribution is 0.0556. The Balaban J connectivity index is 2.23. The largest absolute Gasteiger partial charge is 0.463 e. The minimum Gasteiger partial charge on any atom is -0.463 e. The quantitative estimate of drug-likeness (QED) is 0.825. The molecule has 0 aliphatic rings. The van der Waals surface area contributed by atoms with Gasteiger partial charge in [0.2, 0.25) is 5.76 Å². The van der Waals surface area contributed by atoms with Crippen LogP contribution in [0.15, 0.2) is 33.1 Å². The molecule has 2 heterocycles. The molecule has 0 aromatic carbocycles. The maximum Gasteiger partial charge on any atom is 0.373 e. The van der Waals surface area contributed by atoms with E-state index < -0.39 is 12.1 Å². The molecular weight excluding hydrogens is 224 g/mol. The fourth-order valence-electron chi connectivity index (χ4n) is 1.45. The lowest BCUT2D eigenvalue weighted by Gasteiger charge is -2.03. The van der Waals surface area contributed by atoms with Gasteiger partial charge in [-0.25, -0.2) is 4.79 Å². The van der Waals surface area contributed by atoms with Crippen molar-refractivity contribution in [1.82, 2.24) is 0 Å². The summed E-state index contributed by atoms with van der Waals surface area (Å²) in [4.78, 5) is 11.2. The molecule has 0 saturated heterocycles. The third-order valence-corrected chi connectivity index (χ3v) is 2.31. The number of aliphatic hydroxyl groups is 1. The van der Waals surface area contributed by atoms with Crippen LogP contribution >= 0.6 is 0 Å². The number of hydrogen-bond acceptors (Lipinski definition) is 5. The monoisotopic (exact) mass is 236 g/mol. The van der Waals surface area contributed by atoms with Crippen LogP contribution in [-0.2, 0) is 4.74 Å². The zero-order valence-electron chi connectivity index (χ0n) is 9.47. The number of ether oxygens (including phenoxy) is 1. The first-order valence-electron chi connectivity index (χ1n) is 5.04. The molecule has 5 nitrogen and oxygen atoms in total. The topological polar surface area (TPSA) is 72.8 Å². The van der Waals surface area contributed by atoms with Crippen LogP contribution in [0.25, 0.3) is 0 Å². The number of hydrogen-bond donors (Lipinski definition) is 1. The number of aliphatic hydroxyl groups excluding tert-OH is 1. The number of aryl methyl sites for hydroxylation is 1. The first-order valence-corrected chi connectivity index (χ1v) is 5.04. The summed E-state index contributed by atoms with van der Waals surface area (Å²) in [7, 11) is 1.26. The molecule has 0 amide bonds. The lowest BCUT2D eigenvalue weighted by Crippen LogP contribution is -1.99. The van der Waals surface area contributed by atoms with Crippen LogP contribution in [0.4, 0.5) is 0 Å². The second-order valence-electron chi connectivity index (χ2n) is 3.54. The molecule has 0 aliphatic carbocycles. The standard InChI is InChI=1S/C12H12O5/c1-7-3-4-8(16-7)11(13)9-5-6-10(17-9)12(14)15-2/h3-6,11,13H,1-2H3. The van der Waals surface area contributed by atoms with E-state index in [-0.39, 0.29) is 11.5 Å². The Hall–Kier alpha value is -2.01. The summed E-state index contributed by atoms with van der Waals surface area (Å²) in [6.07, 6.45) is -1.03. The zero-order chi connectivity index (χ0) is 12.4. The molecule has 0 aliphatic heterocycles. The fraction of sp³-hybridized carbons (Fsp3) is 0.250. The highest BCUT2D eigenvalue weighted by Crippen LogP contribution is 2.25. The van der Waals surface area contributed by atoms with Gasteiger partial charge in [0.15, 0.2) is 6.10 Å². The third kappa shape index (κ3) is 2.24. The number of furan rings is 2. The Morgan fingerprint density at radius 1 is 1.24 bits per heavy atom. The van der Waals surface area contributed by atoms with Gasteiger partial charge in [0.25, 0.3) is 0 Å². The first kappa shape index (κ1) is 11.5. The molecule has 5 heteroatoms. The van der Waals surface area contributed by atoms with E-state index in [0.29, 0.717) is 11.5 Å². The predicted octanol–water partition coefficient (Wildman–Crippen LogP) is 2.05. The zero-order valence-corrected chi connectivity index (χ0v) is 9.47. The maximum absolute atomic E-state index is 11.2. The van der Waals surface area contributed by atoms with Gasteiger partial charge in [-0.3, -0.25) is 0 Å². The fourth-order valence-corrected chi connectivity index (χ4v) is 1.45. The molecule has 1 atom stereocenters. The van der Waals surface area contributed by atoms with Crippen LogP contribution in [0, 0.1) is 6.92 Å². The molecule has 2 aromatic rings. The van der Waals surface area contributed by atoms with Crippen molar-refractivity contribution in [3.8, 4) is 0 Å². The molecule has 90 valence electrons. The molecule has 1 unspecified atom stereocenters. The summed E-state index contributed by atoms with van der Waals surface area (Å²) in [6, 6.07) is 6.35. The van der Waals surface area contributed by atoms with E-state index in [1.54, 1.807) is 19.1 Å². The summed E-state index contributed by atoms with van der Waals surface area (Å²) in [5.41, 5.74) is 0. The van der Waals surface area contributed by atoms with Gasteiger partial charge in [-0.2, -0.15) is 0 Å². The Bertz CT molecular complexity index is 522. The maximum atomic E-state index is 11.2. The SMILES string of the molecule is COC(=O)c1ccc(C(O)c2ccc(C)o2)o1. The van der Waals surface area contributed by atoms with E-state index in [0.717, 1.165) is 0 Å². The van der Waals surface area contributed by atoms with Crippen molar-refractivity contribution in [3.63, 3.8) is 0 Å². The summed E-state index contributed by atoms with van der Waals surface area (Å²) in [5, 5.41) is 9.93. The Morgan fingerprint density at radius 3 is 2.47 bits per heavy atom. The van der Waals surface area contributed by atoms with Crippen molar-refractivity contribution >= 4 is 5.97 Å². The van der Waals surface area contributed by atoms with Crippen LogP contribution in [0.1, 0.15) is 33.9 Å². The molecule has 1 N–H and O–H groups in total. The molecule has 2 rings (SSSR count). The van der Waals surface area contributed by atoms with Crippen LogP contribution in [0.5, 0.6) is 0 Å². The number of rotatable bonds is 3. The summed E-state index contributed by atoms with van der Waals surface area (Å²) < 4.78 is 14.9. The van der Waals surface area contributed by atoms with Gasteiger partial charge >= 0.3 is 5.97 Å². The van der Waals surface area contributed by atoms with Crippen molar-refractivity contribution in [2.24, 2.45) is 0 Å². The van der Waals surface area contributed by atoms with Crippen molar-refractivity contribution in [2.75, 3.05) is 7.11 Å². The van der Waals surface area contributed by atoms with Gasteiger partial charge in [-0.1, -0.05) is 0 Å². The Morgan fingerprint density at radius 2 is 1.88 bits per heavy atom. The summed E-state index contributed by atoms with van der Waals surface area (Å²) in [5.74, 6) is 0.760. The second kappa shape index (κ2) is 4.47. The van der Waals surface area contributed by atoms with Gasteiger partial charge in [-0.05, 0) is 31.2 Å². The van der Waals surface area contributed by atoms with E-state index in [1.165, 1.54) is 19.2 Å². The number of carbonyl (C=O) groups is 1. The van der Waals surface area contributed by atoms with Gasteiger partial charge in [0.1, 0.15) is 17.3 Å². The van der Waals surface area contributed by atoms with Gasteiger partial charge < -0.3 is 18.7 Å². The molecule has 0 radical (unpaired) electrons. The normalized spacial score (nSPS) is 12.4. The Kier molecular flexibility index (Phi) is 3.01.